The van der Waals surface area contributed by atoms with Crippen LogP contribution in [0.25, 0.3) is 10.9 Å². The van der Waals surface area contributed by atoms with Gasteiger partial charge in [0.15, 0.2) is 0 Å². The standard InChI is InChI=1S/C26H26N4O4S2/c1-17-5-6-18(2)23(14-17)29-9-11-30(12-10-29)24-16-21(26(31)32)20-15-19(7-8-22(20)27-24)28-36(33,34)25-4-3-13-35-25/h3-8,13-16,28H,9-12H2,1-2H3,(H,31,32). The lowest BCUT2D eigenvalue weighted by Crippen LogP contribution is -2.47. The summed E-state index contributed by atoms with van der Waals surface area (Å²) >= 11 is 1.11. The number of anilines is 3. The van der Waals surface area contributed by atoms with Gasteiger partial charge in [-0.25, -0.2) is 18.2 Å². The molecule has 1 aliphatic heterocycles. The largest absolute Gasteiger partial charge is 0.478 e. The van der Waals surface area contributed by atoms with Gasteiger partial charge in [0.2, 0.25) is 0 Å². The third-order valence-corrected chi connectivity index (χ3v) is 9.13. The molecule has 0 aliphatic carbocycles. The van der Waals surface area contributed by atoms with Crippen molar-refractivity contribution < 1.29 is 18.3 Å². The van der Waals surface area contributed by atoms with Crippen LogP contribution in [0.15, 0.2) is 64.2 Å². The second-order valence-corrected chi connectivity index (χ2v) is 11.7. The third-order valence-electron chi connectivity index (χ3n) is 6.35. The number of nitrogens with zero attached hydrogens (tertiary/aromatic N) is 3. The molecule has 1 saturated heterocycles. The molecule has 36 heavy (non-hydrogen) atoms. The van der Waals surface area contributed by atoms with Gasteiger partial charge in [-0.05, 0) is 66.8 Å². The van der Waals surface area contributed by atoms with E-state index in [4.69, 9.17) is 4.98 Å². The van der Waals surface area contributed by atoms with E-state index in [-0.39, 0.29) is 15.5 Å². The average Bonchev–Trinajstić information content (AvgIpc) is 3.41. The van der Waals surface area contributed by atoms with Crippen LogP contribution in [0.5, 0.6) is 0 Å². The van der Waals surface area contributed by atoms with Crippen molar-refractivity contribution in [3.8, 4) is 0 Å². The predicted molar refractivity (Wildman–Crippen MR) is 144 cm³/mol. The Morgan fingerprint density at radius 3 is 2.44 bits per heavy atom. The summed E-state index contributed by atoms with van der Waals surface area (Å²) in [4.78, 5) is 21.3. The number of thiophene rings is 1. The molecule has 8 nitrogen and oxygen atoms in total. The lowest BCUT2D eigenvalue weighted by Gasteiger charge is -2.37. The molecule has 0 amide bonds. The summed E-state index contributed by atoms with van der Waals surface area (Å²) < 4.78 is 27.9. The van der Waals surface area contributed by atoms with Gasteiger partial charge in [0, 0.05) is 42.9 Å². The van der Waals surface area contributed by atoms with E-state index >= 15 is 0 Å². The van der Waals surface area contributed by atoms with Gasteiger partial charge in [0.1, 0.15) is 10.0 Å². The molecule has 0 saturated carbocycles. The van der Waals surface area contributed by atoms with Crippen LogP contribution in [0, 0.1) is 13.8 Å². The number of carboxylic acid groups (broad SMARTS) is 1. The molecule has 0 bridgehead atoms. The second-order valence-electron chi connectivity index (χ2n) is 8.87. The van der Waals surface area contributed by atoms with Crippen molar-refractivity contribution >= 4 is 55.4 Å². The molecular weight excluding hydrogens is 496 g/mol. The summed E-state index contributed by atoms with van der Waals surface area (Å²) in [5, 5.41) is 12.0. The van der Waals surface area contributed by atoms with Crippen LogP contribution in [0.2, 0.25) is 0 Å². The molecule has 0 spiro atoms. The molecular formula is C26H26N4O4S2. The number of carbonyl (C=O) groups is 1. The van der Waals surface area contributed by atoms with E-state index in [1.807, 2.05) is 0 Å². The highest BCUT2D eigenvalue weighted by Gasteiger charge is 2.23. The summed E-state index contributed by atoms with van der Waals surface area (Å²) in [5.41, 5.74) is 4.55. The number of aromatic nitrogens is 1. The Kier molecular flexibility index (Phi) is 6.31. The fourth-order valence-electron chi connectivity index (χ4n) is 4.47. The quantitative estimate of drug-likeness (QED) is 0.377. The summed E-state index contributed by atoms with van der Waals surface area (Å²) in [7, 11) is -3.74. The van der Waals surface area contributed by atoms with Crippen LogP contribution in [-0.4, -0.2) is 50.7 Å². The van der Waals surface area contributed by atoms with Gasteiger partial charge in [-0.3, -0.25) is 4.72 Å². The number of sulfonamides is 1. The Bertz CT molecular complexity index is 1540. The Balaban J connectivity index is 1.41. The minimum absolute atomic E-state index is 0.0872. The highest BCUT2D eigenvalue weighted by atomic mass is 32.2. The van der Waals surface area contributed by atoms with Gasteiger partial charge in [-0.15, -0.1) is 11.3 Å². The number of nitrogens with one attached hydrogen (secondary N) is 1. The van der Waals surface area contributed by atoms with Crippen molar-refractivity contribution in [3.63, 3.8) is 0 Å². The zero-order valence-corrected chi connectivity index (χ0v) is 21.6. The molecule has 0 atom stereocenters. The van der Waals surface area contributed by atoms with Gasteiger partial charge < -0.3 is 14.9 Å². The number of rotatable bonds is 6. The number of aryl methyl sites for hydroxylation is 2. The highest BCUT2D eigenvalue weighted by molar-refractivity contribution is 7.94. The predicted octanol–water partition coefficient (Wildman–Crippen LogP) is 4.74. The number of hydrogen-bond acceptors (Lipinski definition) is 7. The summed E-state index contributed by atoms with van der Waals surface area (Å²) in [6.07, 6.45) is 0. The van der Waals surface area contributed by atoms with Gasteiger partial charge >= 0.3 is 5.97 Å². The van der Waals surface area contributed by atoms with Gasteiger partial charge in [-0.1, -0.05) is 18.2 Å². The first-order valence-corrected chi connectivity index (χ1v) is 13.9. The second kappa shape index (κ2) is 9.44. The van der Waals surface area contributed by atoms with Crippen molar-refractivity contribution in [2.45, 2.75) is 18.1 Å². The molecule has 2 N–H and O–H groups in total. The number of aromatic carboxylic acids is 1. The van der Waals surface area contributed by atoms with Crippen LogP contribution < -0.4 is 14.5 Å². The number of carboxylic acids is 1. The molecule has 4 aromatic rings. The lowest BCUT2D eigenvalue weighted by molar-refractivity contribution is 0.0699. The maximum Gasteiger partial charge on any atom is 0.336 e. The molecule has 1 fully saturated rings. The maximum absolute atomic E-state index is 12.6. The molecule has 2 aromatic heterocycles. The first kappa shape index (κ1) is 24.1. The van der Waals surface area contributed by atoms with E-state index < -0.39 is 16.0 Å². The SMILES string of the molecule is Cc1ccc(C)c(N2CCN(c3cc(C(=O)O)c4cc(NS(=O)(=O)c5cccs5)ccc4n3)CC2)c1. The molecule has 186 valence electrons. The summed E-state index contributed by atoms with van der Waals surface area (Å²) in [6, 6.07) is 16.0. The zero-order chi connectivity index (χ0) is 25.4. The molecule has 1 aliphatic rings. The number of fused-ring (bicyclic) bond motifs is 1. The lowest BCUT2D eigenvalue weighted by atomic mass is 10.1. The van der Waals surface area contributed by atoms with E-state index in [1.165, 1.54) is 28.9 Å². The van der Waals surface area contributed by atoms with Crippen molar-refractivity contribution in [1.29, 1.82) is 0 Å². The van der Waals surface area contributed by atoms with E-state index in [9.17, 15) is 18.3 Å². The Hall–Kier alpha value is -3.63. The number of pyridine rings is 1. The van der Waals surface area contributed by atoms with Gasteiger partial charge in [0.25, 0.3) is 10.0 Å². The van der Waals surface area contributed by atoms with Crippen LogP contribution >= 0.6 is 11.3 Å². The molecule has 2 aromatic carbocycles. The monoisotopic (exact) mass is 522 g/mol. The number of piperazine rings is 1. The molecule has 3 heterocycles. The average molecular weight is 523 g/mol. The molecule has 0 unspecified atom stereocenters. The van der Waals surface area contributed by atoms with Crippen molar-refractivity contribution in [2.75, 3.05) is 40.7 Å². The van der Waals surface area contributed by atoms with Crippen LogP contribution in [0.1, 0.15) is 21.5 Å². The van der Waals surface area contributed by atoms with Gasteiger partial charge in [0.05, 0.1) is 11.1 Å². The van der Waals surface area contributed by atoms with Crippen LogP contribution in [0.3, 0.4) is 0 Å². The third kappa shape index (κ3) is 4.74. The zero-order valence-electron chi connectivity index (χ0n) is 19.9. The Morgan fingerprint density at radius 2 is 1.75 bits per heavy atom. The molecule has 5 rings (SSSR count). The normalized spacial score (nSPS) is 14.3. The minimum Gasteiger partial charge on any atom is -0.478 e. The number of hydrogen-bond donors (Lipinski definition) is 2. The van der Waals surface area contributed by atoms with Gasteiger partial charge in [-0.2, -0.15) is 0 Å². The number of benzene rings is 2. The summed E-state index contributed by atoms with van der Waals surface area (Å²) in [5.74, 6) is -0.483. The first-order valence-electron chi connectivity index (χ1n) is 11.5. The van der Waals surface area contributed by atoms with E-state index in [0.717, 1.165) is 24.4 Å². The fraction of sp³-hybridized carbons (Fsp3) is 0.231. The van der Waals surface area contributed by atoms with E-state index in [1.54, 1.807) is 29.6 Å². The summed E-state index contributed by atoms with van der Waals surface area (Å²) in [6.45, 7) is 7.23. The Morgan fingerprint density at radius 1 is 1.00 bits per heavy atom. The smallest absolute Gasteiger partial charge is 0.336 e. The first-order chi connectivity index (χ1) is 17.2. The van der Waals surface area contributed by atoms with Crippen molar-refractivity contribution in [3.05, 3.63) is 76.7 Å². The van der Waals surface area contributed by atoms with Crippen LogP contribution in [0.4, 0.5) is 17.2 Å². The molecule has 0 radical (unpaired) electrons. The topological polar surface area (TPSA) is 103 Å². The van der Waals surface area contributed by atoms with Crippen molar-refractivity contribution in [1.82, 2.24) is 4.98 Å². The van der Waals surface area contributed by atoms with E-state index in [2.05, 4.69) is 46.6 Å². The maximum atomic E-state index is 12.6. The Labute approximate surface area is 213 Å². The minimum atomic E-state index is -3.74. The highest BCUT2D eigenvalue weighted by Crippen LogP contribution is 2.29. The molecule has 10 heteroatoms. The van der Waals surface area contributed by atoms with E-state index in [0.29, 0.717) is 29.8 Å². The fourth-order valence-corrected chi connectivity index (χ4v) is 6.51. The van der Waals surface area contributed by atoms with Crippen molar-refractivity contribution in [2.24, 2.45) is 0 Å². The van der Waals surface area contributed by atoms with Crippen LogP contribution in [-0.2, 0) is 10.0 Å².